The van der Waals surface area contributed by atoms with Gasteiger partial charge in [0, 0.05) is 42.1 Å². The first kappa shape index (κ1) is 34.9. The zero-order chi connectivity index (χ0) is 36.9. The SMILES string of the molecule is C/C=C(\C)C(=O)O[C@@H]1C[C@@H](OC(C)=O)[C@@]2(C(=O)OC)COC3C2[C@@]1(C)[C@H]1[C@@]2(C(=O)OC)OC[C@]1([C@@H]3O)[C@]1(O)[C@@H]3C[C@@H]([C@@]4(O)C=CO[C@H]4O3)[C@]1(C)O2. The lowest BCUT2D eigenvalue weighted by molar-refractivity contribution is -0.410. The van der Waals surface area contributed by atoms with E-state index in [-0.39, 0.29) is 25.0 Å². The van der Waals surface area contributed by atoms with Crippen LogP contribution in [-0.4, -0.2) is 126 Å². The van der Waals surface area contributed by atoms with Crippen molar-refractivity contribution in [2.24, 2.45) is 34.0 Å². The Kier molecular flexibility index (Phi) is 7.20. The van der Waals surface area contributed by atoms with Crippen LogP contribution in [-0.2, 0) is 61.8 Å². The van der Waals surface area contributed by atoms with E-state index < -0.39 is 124 Å². The third-order valence-corrected chi connectivity index (χ3v) is 14.2. The molecule has 3 aliphatic carbocycles. The molecule has 280 valence electrons. The van der Waals surface area contributed by atoms with Crippen LogP contribution in [0.25, 0.3) is 0 Å². The molecule has 3 N–H and O–H groups in total. The molecular formula is C35H44O16. The quantitative estimate of drug-likeness (QED) is 0.191. The van der Waals surface area contributed by atoms with E-state index in [1.54, 1.807) is 26.8 Å². The van der Waals surface area contributed by atoms with Crippen molar-refractivity contribution in [3.05, 3.63) is 24.0 Å². The highest BCUT2D eigenvalue weighted by Gasteiger charge is 2.96. The molecule has 0 radical (unpaired) electrons. The molecule has 8 aliphatic rings. The first-order valence-electron chi connectivity index (χ1n) is 17.2. The van der Waals surface area contributed by atoms with Crippen LogP contribution in [0.5, 0.6) is 0 Å². The fourth-order valence-corrected chi connectivity index (χ4v) is 12.2. The number of methoxy groups -OCH3 is 2. The van der Waals surface area contributed by atoms with Crippen LogP contribution in [0.1, 0.15) is 47.5 Å². The maximum atomic E-state index is 14.4. The molecule has 16 atom stereocenters. The lowest BCUT2D eigenvalue weighted by Crippen LogP contribution is -2.86. The first-order chi connectivity index (χ1) is 23.9. The van der Waals surface area contributed by atoms with Crippen LogP contribution in [0.4, 0.5) is 0 Å². The Bertz CT molecular complexity index is 1660. The van der Waals surface area contributed by atoms with E-state index in [1.807, 2.05) is 0 Å². The number of aliphatic hydroxyl groups excluding tert-OH is 1. The van der Waals surface area contributed by atoms with Crippen LogP contribution in [0, 0.1) is 34.0 Å². The summed E-state index contributed by atoms with van der Waals surface area (Å²) in [6, 6.07) is 0. The fraction of sp³-hybridized carbons (Fsp3) is 0.771. The summed E-state index contributed by atoms with van der Waals surface area (Å²) in [5, 5.41) is 38.5. The van der Waals surface area contributed by atoms with Gasteiger partial charge in [-0.3, -0.25) is 9.59 Å². The minimum absolute atomic E-state index is 0.0251. The van der Waals surface area contributed by atoms with Crippen molar-refractivity contribution in [2.45, 2.75) is 107 Å². The predicted octanol–water partition coefficient (Wildman–Crippen LogP) is -0.203. The van der Waals surface area contributed by atoms with Gasteiger partial charge >= 0.3 is 23.9 Å². The molecule has 5 aliphatic heterocycles. The van der Waals surface area contributed by atoms with Crippen LogP contribution in [0.3, 0.4) is 0 Å². The minimum Gasteiger partial charge on any atom is -0.469 e. The number of esters is 4. The molecule has 0 amide bonds. The average Bonchev–Trinajstić information content (AvgIpc) is 3.83. The molecule has 3 saturated carbocycles. The van der Waals surface area contributed by atoms with Crippen LogP contribution >= 0.6 is 0 Å². The molecule has 0 aromatic heterocycles. The molecule has 4 bridgehead atoms. The van der Waals surface area contributed by atoms with Gasteiger partial charge in [-0.2, -0.15) is 0 Å². The van der Waals surface area contributed by atoms with Gasteiger partial charge in [-0.1, -0.05) is 13.0 Å². The summed E-state index contributed by atoms with van der Waals surface area (Å²) in [7, 11) is 2.30. The number of allylic oxidation sites excluding steroid dienone is 1. The lowest BCUT2D eigenvalue weighted by Gasteiger charge is -2.71. The van der Waals surface area contributed by atoms with E-state index in [4.69, 9.17) is 42.6 Å². The second kappa shape index (κ2) is 10.5. The second-order valence-electron chi connectivity index (χ2n) is 15.8. The zero-order valence-corrected chi connectivity index (χ0v) is 29.4. The average molecular weight is 721 g/mol. The minimum atomic E-state index is -2.41. The second-order valence-corrected chi connectivity index (χ2v) is 15.8. The summed E-state index contributed by atoms with van der Waals surface area (Å²) < 4.78 is 54.5. The summed E-state index contributed by atoms with van der Waals surface area (Å²) >= 11 is 0. The van der Waals surface area contributed by atoms with Crippen LogP contribution < -0.4 is 0 Å². The van der Waals surface area contributed by atoms with Gasteiger partial charge in [-0.05, 0) is 33.3 Å². The Morgan fingerprint density at radius 2 is 1.67 bits per heavy atom. The van der Waals surface area contributed by atoms with Crippen molar-refractivity contribution in [1.29, 1.82) is 0 Å². The zero-order valence-electron chi connectivity index (χ0n) is 29.4. The first-order valence-corrected chi connectivity index (χ1v) is 17.2. The van der Waals surface area contributed by atoms with Gasteiger partial charge in [-0.15, -0.1) is 0 Å². The summed E-state index contributed by atoms with van der Waals surface area (Å²) in [4.78, 5) is 54.8. The molecule has 0 aromatic rings. The number of hydrogen-bond donors (Lipinski definition) is 3. The standard InChI is InChI=1S/C35H44O16/c1-8-15(2)24(38)49-18-12-19(48-16(3)36)31(26(39)43-6)13-46-21-22(31)29(18,4)25-32(23(21)37)14-47-34(25,27(40)44-7)51-30(5)17-11-20(35(30,32)42)50-28-33(17,41)9-10-45-28/h8-10,17-23,25,28,37,41-42H,11-14H2,1-7H3/b15-8+/t17-,18-,19-,20+,21?,22?,23-,25-,28+,29+,30+,31+,32-,33+,34-,35+/m1/s1. The predicted molar refractivity (Wildman–Crippen MR) is 164 cm³/mol. The molecule has 5 heterocycles. The third kappa shape index (κ3) is 3.56. The summed E-state index contributed by atoms with van der Waals surface area (Å²) in [5.41, 5.74) is -11.0. The maximum absolute atomic E-state index is 14.4. The number of ether oxygens (including phenoxy) is 9. The van der Waals surface area contributed by atoms with E-state index in [0.717, 1.165) is 7.11 Å². The third-order valence-electron chi connectivity index (χ3n) is 14.2. The highest BCUT2D eigenvalue weighted by atomic mass is 16.8. The van der Waals surface area contributed by atoms with Crippen LogP contribution in [0.15, 0.2) is 24.0 Å². The molecule has 16 nitrogen and oxygen atoms in total. The summed E-state index contributed by atoms with van der Waals surface area (Å²) in [6.07, 6.45) is -3.94. The molecule has 2 unspecified atom stereocenters. The van der Waals surface area contributed by atoms with Gasteiger partial charge in [0.1, 0.15) is 28.8 Å². The number of carbonyl (C=O) groups excluding carboxylic acids is 4. The molecular weight excluding hydrogens is 676 g/mol. The van der Waals surface area contributed by atoms with Crippen molar-refractivity contribution in [1.82, 2.24) is 0 Å². The van der Waals surface area contributed by atoms with Crippen molar-refractivity contribution < 1.29 is 77.1 Å². The Morgan fingerprint density at radius 1 is 0.961 bits per heavy atom. The Hall–Kier alpha value is -3.12. The van der Waals surface area contributed by atoms with Crippen molar-refractivity contribution >= 4 is 23.9 Å². The van der Waals surface area contributed by atoms with E-state index >= 15 is 0 Å². The van der Waals surface area contributed by atoms with Crippen molar-refractivity contribution in [2.75, 3.05) is 27.4 Å². The smallest absolute Gasteiger partial charge is 0.366 e. The van der Waals surface area contributed by atoms with E-state index in [9.17, 15) is 34.5 Å². The van der Waals surface area contributed by atoms with Crippen LogP contribution in [0.2, 0.25) is 0 Å². The van der Waals surface area contributed by atoms with Gasteiger partial charge < -0.3 is 58.0 Å². The van der Waals surface area contributed by atoms with E-state index in [2.05, 4.69) is 0 Å². The number of rotatable bonds is 5. The number of hydrogen-bond acceptors (Lipinski definition) is 16. The summed E-state index contributed by atoms with van der Waals surface area (Å²) in [5.74, 6) is -9.30. The summed E-state index contributed by atoms with van der Waals surface area (Å²) in [6.45, 7) is 6.71. The number of carbonyl (C=O) groups is 4. The van der Waals surface area contributed by atoms with Gasteiger partial charge in [-0.25, -0.2) is 9.59 Å². The molecule has 4 saturated heterocycles. The van der Waals surface area contributed by atoms with Gasteiger partial charge in [0.15, 0.2) is 5.60 Å². The maximum Gasteiger partial charge on any atom is 0.366 e. The molecule has 16 heteroatoms. The monoisotopic (exact) mass is 720 g/mol. The van der Waals surface area contributed by atoms with E-state index in [1.165, 1.54) is 33.3 Å². The molecule has 7 fully saturated rings. The molecule has 0 spiro atoms. The Labute approximate surface area is 293 Å². The largest absolute Gasteiger partial charge is 0.469 e. The fourth-order valence-electron chi connectivity index (χ4n) is 12.2. The van der Waals surface area contributed by atoms with E-state index in [0.29, 0.717) is 0 Å². The normalized spacial score (nSPS) is 53.9. The van der Waals surface area contributed by atoms with Crippen molar-refractivity contribution in [3.8, 4) is 0 Å². The van der Waals surface area contributed by atoms with Gasteiger partial charge in [0.05, 0.1) is 57.4 Å². The van der Waals surface area contributed by atoms with Gasteiger partial charge in [0.25, 0.3) is 5.79 Å². The Balaban J connectivity index is 1.42. The topological polar surface area (TPSA) is 212 Å². The van der Waals surface area contributed by atoms with Crippen molar-refractivity contribution in [3.63, 3.8) is 0 Å². The highest BCUT2D eigenvalue weighted by molar-refractivity contribution is 5.88. The van der Waals surface area contributed by atoms with Gasteiger partial charge in [0.2, 0.25) is 6.29 Å². The molecule has 0 aromatic carbocycles. The molecule has 8 rings (SSSR count). The lowest BCUT2D eigenvalue weighted by atomic mass is 9.35. The highest BCUT2D eigenvalue weighted by Crippen LogP contribution is 2.81. The Morgan fingerprint density at radius 3 is 2.31 bits per heavy atom. The number of aliphatic hydroxyl groups is 3. The number of fused-ring (bicyclic) bond motifs is 7. The molecule has 51 heavy (non-hydrogen) atoms.